The Labute approximate surface area is 85.7 Å². The average Bonchev–Trinajstić information content (AvgIpc) is 1.86. The van der Waals surface area contributed by atoms with Gasteiger partial charge in [0.25, 0.3) is 0 Å². The van der Waals surface area contributed by atoms with Crippen molar-refractivity contribution in [2.24, 2.45) is 0 Å². The van der Waals surface area contributed by atoms with E-state index in [1.807, 2.05) is 0 Å². The van der Waals surface area contributed by atoms with Crippen molar-refractivity contribution in [3.63, 3.8) is 0 Å². The van der Waals surface area contributed by atoms with Crippen LogP contribution in [-0.4, -0.2) is 0 Å². The van der Waals surface area contributed by atoms with Crippen molar-refractivity contribution in [3.05, 3.63) is 12.2 Å². The first kappa shape index (κ1) is 12.0. The number of allylic oxidation sites excluding steroid dienone is 2. The first-order valence-electron chi connectivity index (χ1n) is 3.89. The van der Waals surface area contributed by atoms with Crippen LogP contribution >= 0.6 is 18.8 Å². The van der Waals surface area contributed by atoms with Crippen molar-refractivity contribution in [1.82, 2.24) is 0 Å². The third-order valence-corrected chi connectivity index (χ3v) is 1.66. The van der Waals surface area contributed by atoms with Crippen LogP contribution in [0.1, 0.15) is 38.5 Å². The van der Waals surface area contributed by atoms with Crippen molar-refractivity contribution in [2.75, 3.05) is 0 Å². The standard InChI is InChI=1S/C8H14.2ClH.Pt/c1-2-4-6-8-7-5-3-1;;;/h1-2H,3-8H2;2*1H;/q;;;+2/p-2. The predicted molar refractivity (Wildman–Crippen MR) is 48.5 cm³/mol. The first-order chi connectivity index (χ1) is 5.41. The number of halogens is 2. The summed E-state index contributed by atoms with van der Waals surface area (Å²) < 4.78 is 0. The van der Waals surface area contributed by atoms with Gasteiger partial charge in [0, 0.05) is 0 Å². The van der Waals surface area contributed by atoms with Crippen LogP contribution in [0.25, 0.3) is 0 Å². The molecule has 70 valence electrons. The molecule has 0 fully saturated rings. The van der Waals surface area contributed by atoms with Gasteiger partial charge in [-0.2, -0.15) is 0 Å². The molecule has 0 heterocycles. The Kier molecular flexibility index (Phi) is 12.0. The fourth-order valence-electron chi connectivity index (χ4n) is 1.11. The quantitative estimate of drug-likeness (QED) is 0.554. The van der Waals surface area contributed by atoms with Gasteiger partial charge in [0.15, 0.2) is 0 Å². The topological polar surface area (TPSA) is 0 Å². The number of hydrogen-bond donors (Lipinski definition) is 0. The first-order valence-corrected chi connectivity index (χ1v) is 9.52. The molecule has 0 nitrogen and oxygen atoms in total. The van der Waals surface area contributed by atoms with E-state index in [9.17, 15) is 0 Å². The Morgan fingerprint density at radius 1 is 0.818 bits per heavy atom. The zero-order valence-electron chi connectivity index (χ0n) is 6.47. The summed E-state index contributed by atoms with van der Waals surface area (Å²) in [6.07, 6.45) is 13.0. The van der Waals surface area contributed by atoms with E-state index >= 15 is 0 Å². The molecule has 0 amide bonds. The minimum absolute atomic E-state index is 0.472. The predicted octanol–water partition coefficient (Wildman–Crippen LogP) is 4.27. The molecule has 0 unspecified atom stereocenters. The Morgan fingerprint density at radius 3 is 1.55 bits per heavy atom. The molecule has 0 radical (unpaired) electrons. The van der Waals surface area contributed by atoms with Gasteiger partial charge in [-0.05, 0) is 25.7 Å². The van der Waals surface area contributed by atoms with E-state index in [4.69, 9.17) is 18.8 Å². The molecule has 3 heteroatoms. The van der Waals surface area contributed by atoms with Crippen LogP contribution in [0.4, 0.5) is 0 Å². The van der Waals surface area contributed by atoms with Crippen molar-refractivity contribution < 1.29 is 16.5 Å². The van der Waals surface area contributed by atoms with Crippen molar-refractivity contribution in [1.29, 1.82) is 0 Å². The van der Waals surface area contributed by atoms with Crippen molar-refractivity contribution in [3.8, 4) is 0 Å². The van der Waals surface area contributed by atoms with Gasteiger partial charge < -0.3 is 0 Å². The molecule has 1 aliphatic rings. The van der Waals surface area contributed by atoms with E-state index in [2.05, 4.69) is 12.2 Å². The third kappa shape index (κ3) is 11.0. The average molecular weight is 376 g/mol. The Morgan fingerprint density at radius 2 is 1.18 bits per heavy atom. The molecule has 1 aliphatic carbocycles. The van der Waals surface area contributed by atoms with Crippen LogP contribution < -0.4 is 0 Å². The van der Waals surface area contributed by atoms with E-state index in [0.717, 1.165) is 0 Å². The van der Waals surface area contributed by atoms with Gasteiger partial charge in [-0.25, -0.2) is 0 Å². The summed E-state index contributed by atoms with van der Waals surface area (Å²) in [7, 11) is 9.75. The van der Waals surface area contributed by atoms with Gasteiger partial charge in [0.2, 0.25) is 0 Å². The molecule has 0 saturated carbocycles. The second-order valence-corrected chi connectivity index (χ2v) is 5.79. The molecule has 0 aromatic rings. The third-order valence-electron chi connectivity index (χ3n) is 1.66. The van der Waals surface area contributed by atoms with E-state index in [0.29, 0.717) is 0 Å². The summed E-state index contributed by atoms with van der Waals surface area (Å²) in [5, 5.41) is 0. The van der Waals surface area contributed by atoms with Gasteiger partial charge in [0.05, 0.1) is 0 Å². The van der Waals surface area contributed by atoms with E-state index < -0.39 is 16.5 Å². The monoisotopic (exact) mass is 375 g/mol. The summed E-state index contributed by atoms with van der Waals surface area (Å²) in [6.45, 7) is 0. The van der Waals surface area contributed by atoms with Crippen LogP contribution in [0.3, 0.4) is 0 Å². The summed E-state index contributed by atoms with van der Waals surface area (Å²) in [5.41, 5.74) is 0. The van der Waals surface area contributed by atoms with Gasteiger partial charge in [0.1, 0.15) is 0 Å². The SMILES string of the molecule is C1=CCCCCCC1.[Cl][Pt][Cl]. The van der Waals surface area contributed by atoms with Crippen LogP contribution in [0.5, 0.6) is 0 Å². The second-order valence-electron chi connectivity index (χ2n) is 2.51. The van der Waals surface area contributed by atoms with Crippen LogP contribution in [0, 0.1) is 0 Å². The van der Waals surface area contributed by atoms with Gasteiger partial charge in [-0.3, -0.25) is 0 Å². The number of hydrogen-bond acceptors (Lipinski definition) is 0. The molecule has 1 rings (SSSR count). The normalized spacial score (nSPS) is 18.0. The van der Waals surface area contributed by atoms with Crippen LogP contribution in [0.15, 0.2) is 12.2 Å². The number of rotatable bonds is 0. The fraction of sp³-hybridized carbons (Fsp3) is 0.750. The van der Waals surface area contributed by atoms with E-state index in [1.165, 1.54) is 38.5 Å². The van der Waals surface area contributed by atoms with E-state index in [1.54, 1.807) is 0 Å². The second kappa shape index (κ2) is 11.0. The minimum atomic E-state index is -0.472. The van der Waals surface area contributed by atoms with Gasteiger partial charge >= 0.3 is 35.3 Å². The zero-order chi connectivity index (χ0) is 8.36. The molecular formula is C8H14Cl2Pt. The summed E-state index contributed by atoms with van der Waals surface area (Å²) in [5.74, 6) is 0. The zero-order valence-corrected chi connectivity index (χ0v) is 10.3. The summed E-state index contributed by atoms with van der Waals surface area (Å²) in [4.78, 5) is 0. The van der Waals surface area contributed by atoms with Crippen molar-refractivity contribution >= 4 is 18.8 Å². The molecule has 0 saturated heterocycles. The molecule has 0 aliphatic heterocycles. The summed E-state index contributed by atoms with van der Waals surface area (Å²) in [6, 6.07) is 0. The molecule has 0 spiro atoms. The van der Waals surface area contributed by atoms with Crippen LogP contribution in [-0.2, 0) is 16.5 Å². The Balaban J connectivity index is 0.000000292. The van der Waals surface area contributed by atoms with Gasteiger partial charge in [-0.1, -0.05) is 25.0 Å². The molecule has 11 heavy (non-hydrogen) atoms. The Hall–Kier alpha value is 1.01. The molecule has 0 bridgehead atoms. The van der Waals surface area contributed by atoms with Gasteiger partial charge in [-0.15, -0.1) is 0 Å². The van der Waals surface area contributed by atoms with E-state index in [-0.39, 0.29) is 0 Å². The maximum atomic E-state index is 4.88. The van der Waals surface area contributed by atoms with Crippen molar-refractivity contribution in [2.45, 2.75) is 38.5 Å². The summed E-state index contributed by atoms with van der Waals surface area (Å²) >= 11 is -0.472. The fourth-order valence-corrected chi connectivity index (χ4v) is 1.11. The molecule has 0 N–H and O–H groups in total. The maximum absolute atomic E-state index is 4.88. The van der Waals surface area contributed by atoms with Crippen LogP contribution in [0.2, 0.25) is 0 Å². The Bertz CT molecular complexity index is 84.1. The molecule has 0 aromatic carbocycles. The molecular weight excluding hydrogens is 362 g/mol. The molecule has 0 aromatic heterocycles. The molecule has 0 atom stereocenters.